The van der Waals surface area contributed by atoms with Crippen LogP contribution in [0, 0.1) is 5.92 Å². The Balaban J connectivity index is 1.50. The normalized spacial score (nSPS) is 22.8. The number of carbonyl (C=O) groups excluding carboxylic acids is 2. The number of hydrogen-bond acceptors (Lipinski definition) is 5. The van der Waals surface area contributed by atoms with Crippen LogP contribution in [0.3, 0.4) is 0 Å². The zero-order chi connectivity index (χ0) is 22.8. The summed E-state index contributed by atoms with van der Waals surface area (Å²) in [5, 5.41) is 3.29. The summed E-state index contributed by atoms with van der Waals surface area (Å²) in [6.45, 7) is 0.168. The first kappa shape index (κ1) is 21.6. The fourth-order valence-electron chi connectivity index (χ4n) is 5.24. The molecule has 0 aromatic heterocycles. The second-order valence-corrected chi connectivity index (χ2v) is 9.01. The van der Waals surface area contributed by atoms with Gasteiger partial charge in [0.15, 0.2) is 11.5 Å². The molecule has 2 fully saturated rings. The van der Waals surface area contributed by atoms with Gasteiger partial charge in [0.2, 0.25) is 18.6 Å². The van der Waals surface area contributed by atoms with Crippen LogP contribution in [0.5, 0.6) is 17.2 Å². The third-order valence-corrected chi connectivity index (χ3v) is 6.98. The van der Waals surface area contributed by atoms with E-state index in [-0.39, 0.29) is 30.6 Å². The van der Waals surface area contributed by atoms with E-state index < -0.39 is 6.04 Å². The molecule has 0 unspecified atom stereocenters. The molecule has 0 radical (unpaired) electrons. The molecular weight excluding hydrogens is 420 g/mol. The summed E-state index contributed by atoms with van der Waals surface area (Å²) in [6, 6.07) is 13.0. The highest BCUT2D eigenvalue weighted by atomic mass is 16.7. The second kappa shape index (κ2) is 9.33. The smallest absolute Gasteiger partial charge is 0.231 e. The van der Waals surface area contributed by atoms with Crippen LogP contribution >= 0.6 is 0 Å². The highest BCUT2D eigenvalue weighted by Gasteiger charge is 2.42. The third-order valence-electron chi connectivity index (χ3n) is 6.98. The van der Waals surface area contributed by atoms with Crippen LogP contribution in [0.25, 0.3) is 0 Å². The molecule has 2 amide bonds. The van der Waals surface area contributed by atoms with Gasteiger partial charge >= 0.3 is 0 Å². The minimum Gasteiger partial charge on any atom is -0.497 e. The molecule has 0 bridgehead atoms. The van der Waals surface area contributed by atoms with Crippen molar-refractivity contribution >= 4 is 17.5 Å². The molecule has 7 heteroatoms. The molecule has 2 atom stereocenters. The number of nitrogens with one attached hydrogen (secondary N) is 1. The summed E-state index contributed by atoms with van der Waals surface area (Å²) < 4.78 is 16.3. The topological polar surface area (TPSA) is 77.1 Å². The molecule has 7 nitrogen and oxygen atoms in total. The summed E-state index contributed by atoms with van der Waals surface area (Å²) >= 11 is 0. The van der Waals surface area contributed by atoms with Gasteiger partial charge in [-0.15, -0.1) is 0 Å². The maximum atomic E-state index is 13.5. The Labute approximate surface area is 194 Å². The molecule has 2 heterocycles. The molecule has 2 aliphatic heterocycles. The van der Waals surface area contributed by atoms with Crippen molar-refractivity contribution in [3.63, 3.8) is 0 Å². The lowest BCUT2D eigenvalue weighted by atomic mass is 9.82. The van der Waals surface area contributed by atoms with Crippen molar-refractivity contribution in [2.45, 2.75) is 57.0 Å². The minimum atomic E-state index is -0.416. The Morgan fingerprint density at radius 3 is 2.52 bits per heavy atom. The Morgan fingerprint density at radius 2 is 1.76 bits per heavy atom. The standard InChI is InChI=1S/C26H30N2O5/c1-31-20-10-7-17(8-11-20)25-21(26(30)27-18-5-3-2-4-6-18)12-14-24(29)28(25)19-9-13-22-23(15-19)33-16-32-22/h7-11,13,15,18,21,25H,2-6,12,14,16H2,1H3,(H,27,30)/t21-,25-/m1/s1. The van der Waals surface area contributed by atoms with Crippen LogP contribution in [-0.2, 0) is 9.59 Å². The van der Waals surface area contributed by atoms with Gasteiger partial charge in [0, 0.05) is 24.2 Å². The summed E-state index contributed by atoms with van der Waals surface area (Å²) in [7, 11) is 1.62. The lowest BCUT2D eigenvalue weighted by Crippen LogP contribution is -2.50. The van der Waals surface area contributed by atoms with E-state index >= 15 is 0 Å². The van der Waals surface area contributed by atoms with Crippen LogP contribution in [0.1, 0.15) is 56.6 Å². The Hall–Kier alpha value is -3.22. The van der Waals surface area contributed by atoms with Crippen LogP contribution in [-0.4, -0.2) is 31.8 Å². The Morgan fingerprint density at radius 1 is 1.00 bits per heavy atom. The number of anilines is 1. The zero-order valence-electron chi connectivity index (χ0n) is 18.9. The molecule has 1 aliphatic carbocycles. The van der Waals surface area contributed by atoms with Crippen molar-refractivity contribution in [1.82, 2.24) is 5.32 Å². The van der Waals surface area contributed by atoms with Gasteiger partial charge in [-0.2, -0.15) is 0 Å². The van der Waals surface area contributed by atoms with E-state index in [0.29, 0.717) is 30.0 Å². The average Bonchev–Trinajstić information content (AvgIpc) is 3.32. The number of benzene rings is 2. The van der Waals surface area contributed by atoms with Crippen molar-refractivity contribution in [2.24, 2.45) is 5.92 Å². The minimum absolute atomic E-state index is 0.00333. The first-order chi connectivity index (χ1) is 16.1. The molecule has 5 rings (SSSR count). The molecule has 33 heavy (non-hydrogen) atoms. The van der Waals surface area contributed by atoms with E-state index in [0.717, 1.165) is 37.0 Å². The third kappa shape index (κ3) is 4.36. The van der Waals surface area contributed by atoms with Gasteiger partial charge in [0.1, 0.15) is 5.75 Å². The van der Waals surface area contributed by atoms with E-state index in [1.54, 1.807) is 12.0 Å². The molecular formula is C26H30N2O5. The van der Waals surface area contributed by atoms with Crippen molar-refractivity contribution in [2.75, 3.05) is 18.8 Å². The summed E-state index contributed by atoms with van der Waals surface area (Å²) in [5.41, 5.74) is 1.62. The van der Waals surface area contributed by atoms with Crippen LogP contribution in [0.15, 0.2) is 42.5 Å². The van der Waals surface area contributed by atoms with Gasteiger partial charge < -0.3 is 24.4 Å². The number of ether oxygens (including phenoxy) is 3. The lowest BCUT2D eigenvalue weighted by molar-refractivity contribution is -0.130. The number of nitrogens with zero attached hydrogens (tertiary/aromatic N) is 1. The summed E-state index contributed by atoms with van der Waals surface area (Å²) in [5.74, 6) is 1.69. The van der Waals surface area contributed by atoms with Gasteiger partial charge in [-0.25, -0.2) is 0 Å². The largest absolute Gasteiger partial charge is 0.497 e. The highest BCUT2D eigenvalue weighted by Crippen LogP contribution is 2.43. The van der Waals surface area contributed by atoms with E-state index in [1.807, 2.05) is 42.5 Å². The lowest BCUT2D eigenvalue weighted by Gasteiger charge is -2.41. The van der Waals surface area contributed by atoms with Gasteiger partial charge in [0.25, 0.3) is 0 Å². The maximum absolute atomic E-state index is 13.5. The first-order valence-corrected chi connectivity index (χ1v) is 11.8. The molecule has 3 aliphatic rings. The Kier molecular flexibility index (Phi) is 6.11. The number of piperidine rings is 1. The first-order valence-electron chi connectivity index (χ1n) is 11.8. The van der Waals surface area contributed by atoms with Crippen molar-refractivity contribution in [1.29, 1.82) is 0 Å². The monoisotopic (exact) mass is 450 g/mol. The number of fused-ring (bicyclic) bond motifs is 1. The quantitative estimate of drug-likeness (QED) is 0.733. The average molecular weight is 451 g/mol. The number of rotatable bonds is 5. The number of amides is 2. The van der Waals surface area contributed by atoms with Crippen molar-refractivity contribution in [3.8, 4) is 17.2 Å². The molecule has 0 spiro atoms. The molecule has 174 valence electrons. The molecule has 1 saturated heterocycles. The maximum Gasteiger partial charge on any atom is 0.231 e. The fraction of sp³-hybridized carbons (Fsp3) is 0.462. The number of carbonyl (C=O) groups is 2. The molecule has 2 aromatic carbocycles. The van der Waals surface area contributed by atoms with Gasteiger partial charge in [-0.3, -0.25) is 9.59 Å². The molecule has 1 N–H and O–H groups in total. The summed E-state index contributed by atoms with van der Waals surface area (Å²) in [6.07, 6.45) is 6.43. The molecule has 1 saturated carbocycles. The Bertz CT molecular complexity index is 1020. The highest BCUT2D eigenvalue weighted by molar-refractivity contribution is 5.97. The fourth-order valence-corrected chi connectivity index (χ4v) is 5.24. The van der Waals surface area contributed by atoms with Crippen molar-refractivity contribution in [3.05, 3.63) is 48.0 Å². The van der Waals surface area contributed by atoms with Crippen LogP contribution in [0.2, 0.25) is 0 Å². The van der Waals surface area contributed by atoms with E-state index in [2.05, 4.69) is 5.32 Å². The summed E-state index contributed by atoms with van der Waals surface area (Å²) in [4.78, 5) is 28.5. The predicted molar refractivity (Wildman–Crippen MR) is 124 cm³/mol. The number of methoxy groups -OCH3 is 1. The number of hydrogen-bond donors (Lipinski definition) is 1. The van der Waals surface area contributed by atoms with Crippen molar-refractivity contribution < 1.29 is 23.8 Å². The second-order valence-electron chi connectivity index (χ2n) is 9.01. The van der Waals surface area contributed by atoms with Gasteiger partial charge in [-0.1, -0.05) is 31.4 Å². The van der Waals surface area contributed by atoms with E-state index in [9.17, 15) is 9.59 Å². The van der Waals surface area contributed by atoms with E-state index in [4.69, 9.17) is 14.2 Å². The SMILES string of the molecule is COc1ccc([C@@H]2[C@H](C(=O)NC3CCCCC3)CCC(=O)N2c2ccc3c(c2)OCO3)cc1. The van der Waals surface area contributed by atoms with Gasteiger partial charge in [-0.05, 0) is 49.1 Å². The van der Waals surface area contributed by atoms with Crippen LogP contribution < -0.4 is 24.4 Å². The molecule has 2 aromatic rings. The van der Waals surface area contributed by atoms with Crippen LogP contribution in [0.4, 0.5) is 5.69 Å². The van der Waals surface area contributed by atoms with Gasteiger partial charge in [0.05, 0.1) is 19.1 Å². The predicted octanol–water partition coefficient (Wildman–Crippen LogP) is 4.36. The van der Waals surface area contributed by atoms with E-state index in [1.165, 1.54) is 6.42 Å². The zero-order valence-corrected chi connectivity index (χ0v) is 18.9.